The van der Waals surface area contributed by atoms with Gasteiger partial charge < -0.3 is 14.6 Å². The topological polar surface area (TPSA) is 89.9 Å². The quantitative estimate of drug-likeness (QED) is 0.261. The summed E-state index contributed by atoms with van der Waals surface area (Å²) in [6.07, 6.45) is 8.05. The minimum Gasteiger partial charge on any atom is -0.478 e. The third-order valence-corrected chi connectivity index (χ3v) is 4.40. The molecule has 0 radical (unpaired) electrons. The Labute approximate surface area is 146 Å². The van der Waals surface area contributed by atoms with Crippen LogP contribution >= 0.6 is 0 Å². The molecule has 0 saturated heterocycles. The molecule has 1 aliphatic heterocycles. The average molecular weight is 346 g/mol. The Morgan fingerprint density at radius 1 is 1.44 bits per heavy atom. The molecule has 2 aliphatic rings. The van der Waals surface area contributed by atoms with Gasteiger partial charge in [0.05, 0.1) is 5.57 Å². The van der Waals surface area contributed by atoms with Crippen LogP contribution in [0.1, 0.15) is 40.0 Å². The van der Waals surface area contributed by atoms with Gasteiger partial charge in [-0.1, -0.05) is 19.9 Å². The molecule has 0 aromatic rings. The molecule has 0 amide bonds. The van der Waals surface area contributed by atoms with Crippen LogP contribution < -0.4 is 0 Å². The van der Waals surface area contributed by atoms with E-state index in [2.05, 4.69) is 0 Å². The lowest BCUT2D eigenvalue weighted by Gasteiger charge is -2.32. The monoisotopic (exact) mass is 346 g/mol. The third kappa shape index (κ3) is 4.47. The van der Waals surface area contributed by atoms with E-state index < -0.39 is 18.2 Å². The Morgan fingerprint density at radius 2 is 2.16 bits per heavy atom. The maximum absolute atomic E-state index is 11.4. The number of carbonyl (C=O) groups excluding carboxylic acids is 2. The second-order valence-corrected chi connectivity index (χ2v) is 6.77. The van der Waals surface area contributed by atoms with Gasteiger partial charge in [0.1, 0.15) is 12.5 Å². The number of esters is 1. The highest BCUT2D eigenvalue weighted by atomic mass is 16.7. The summed E-state index contributed by atoms with van der Waals surface area (Å²) in [7, 11) is 0. The summed E-state index contributed by atoms with van der Waals surface area (Å²) in [4.78, 5) is 34.0. The predicted molar refractivity (Wildman–Crippen MR) is 90.3 cm³/mol. The van der Waals surface area contributed by atoms with Crippen molar-refractivity contribution < 1.29 is 29.0 Å². The van der Waals surface area contributed by atoms with Crippen molar-refractivity contribution in [1.82, 2.24) is 0 Å². The standard InChI is InChI=1S/C19H22O6/c1-12-9-16(25-18(12)23)24-11-14(17(21)22)6-7-15-13(10-20)5-4-8-19(15,2)3/h6-7,9-11,16H,4-5,8H2,1-3H3,(H,21,22)/b7-6+,14-11+/t16-/m1/s1. The predicted octanol–water partition coefficient (Wildman–Crippen LogP) is 3.06. The second-order valence-electron chi connectivity index (χ2n) is 6.77. The fourth-order valence-electron chi connectivity index (χ4n) is 2.93. The van der Waals surface area contributed by atoms with Crippen molar-refractivity contribution in [1.29, 1.82) is 0 Å². The minimum atomic E-state index is -1.18. The minimum absolute atomic E-state index is 0.104. The van der Waals surface area contributed by atoms with E-state index in [1.54, 1.807) is 13.0 Å². The molecule has 1 N–H and O–H groups in total. The van der Waals surface area contributed by atoms with Gasteiger partial charge in [0.15, 0.2) is 0 Å². The maximum atomic E-state index is 11.4. The van der Waals surface area contributed by atoms with Crippen molar-refractivity contribution in [3.63, 3.8) is 0 Å². The highest BCUT2D eigenvalue weighted by Gasteiger charge is 2.28. The first-order valence-electron chi connectivity index (χ1n) is 8.10. The molecular weight excluding hydrogens is 324 g/mol. The number of allylic oxidation sites excluding steroid dienone is 3. The summed E-state index contributed by atoms with van der Waals surface area (Å²) in [6.45, 7) is 5.65. The Balaban J connectivity index is 2.21. The van der Waals surface area contributed by atoms with E-state index in [0.29, 0.717) is 17.6 Å². The van der Waals surface area contributed by atoms with Crippen LogP contribution in [0.3, 0.4) is 0 Å². The van der Waals surface area contributed by atoms with Crippen molar-refractivity contribution in [2.45, 2.75) is 46.3 Å². The molecule has 0 unspecified atom stereocenters. The number of hydrogen-bond acceptors (Lipinski definition) is 5. The number of aldehydes is 1. The SMILES string of the molecule is CC1=C[C@H](O/C=C(\C=C\C2=C(C=O)CCCC2(C)C)C(=O)O)OC1=O. The van der Waals surface area contributed by atoms with Crippen molar-refractivity contribution in [3.05, 3.63) is 46.8 Å². The van der Waals surface area contributed by atoms with Gasteiger partial charge in [0, 0.05) is 11.6 Å². The number of carboxylic acid groups (broad SMARTS) is 1. The highest BCUT2D eigenvalue weighted by Crippen LogP contribution is 2.40. The molecule has 0 fully saturated rings. The zero-order valence-electron chi connectivity index (χ0n) is 14.6. The highest BCUT2D eigenvalue weighted by molar-refractivity contribution is 5.90. The van der Waals surface area contributed by atoms with Crippen molar-refractivity contribution in [2.24, 2.45) is 5.41 Å². The fraction of sp³-hybridized carbons (Fsp3) is 0.421. The summed E-state index contributed by atoms with van der Waals surface area (Å²) >= 11 is 0. The summed E-state index contributed by atoms with van der Waals surface area (Å²) in [5, 5.41) is 9.33. The lowest BCUT2D eigenvalue weighted by atomic mass is 9.72. The first-order valence-corrected chi connectivity index (χ1v) is 8.10. The Hall–Kier alpha value is -2.63. The van der Waals surface area contributed by atoms with E-state index in [4.69, 9.17) is 9.47 Å². The molecular formula is C19H22O6. The van der Waals surface area contributed by atoms with E-state index >= 15 is 0 Å². The summed E-state index contributed by atoms with van der Waals surface area (Å²) < 4.78 is 10.1. The molecule has 1 aliphatic carbocycles. The van der Waals surface area contributed by atoms with Gasteiger partial charge >= 0.3 is 11.9 Å². The number of aliphatic carboxylic acids is 1. The Kier molecular flexibility index (Phi) is 5.62. The smallest absolute Gasteiger partial charge is 0.338 e. The Morgan fingerprint density at radius 3 is 2.72 bits per heavy atom. The number of rotatable bonds is 6. The summed E-state index contributed by atoms with van der Waals surface area (Å²) in [5.41, 5.74) is 1.64. The molecule has 134 valence electrons. The summed E-state index contributed by atoms with van der Waals surface area (Å²) in [6, 6.07) is 0. The van der Waals surface area contributed by atoms with Crippen LogP contribution in [0.25, 0.3) is 0 Å². The lowest BCUT2D eigenvalue weighted by Crippen LogP contribution is -2.20. The van der Waals surface area contributed by atoms with E-state index in [1.165, 1.54) is 12.2 Å². The maximum Gasteiger partial charge on any atom is 0.338 e. The van der Waals surface area contributed by atoms with Crippen LogP contribution in [0.15, 0.2) is 46.8 Å². The van der Waals surface area contributed by atoms with Crippen LogP contribution in [0.2, 0.25) is 0 Å². The van der Waals surface area contributed by atoms with Gasteiger partial charge in [-0.3, -0.25) is 4.79 Å². The number of carbonyl (C=O) groups is 3. The Bertz CT molecular complexity index is 705. The second kappa shape index (κ2) is 7.51. The van der Waals surface area contributed by atoms with Crippen LogP contribution in [-0.4, -0.2) is 29.6 Å². The van der Waals surface area contributed by atoms with Crippen LogP contribution in [0.4, 0.5) is 0 Å². The first kappa shape index (κ1) is 18.7. The molecule has 0 aromatic carbocycles. The molecule has 0 spiro atoms. The van der Waals surface area contributed by atoms with Crippen molar-refractivity contribution in [2.75, 3.05) is 0 Å². The zero-order chi connectivity index (χ0) is 18.6. The molecule has 1 atom stereocenters. The molecule has 25 heavy (non-hydrogen) atoms. The summed E-state index contributed by atoms with van der Waals surface area (Å²) in [5.74, 6) is -1.67. The number of cyclic esters (lactones) is 1. The van der Waals surface area contributed by atoms with E-state index in [-0.39, 0.29) is 11.0 Å². The largest absolute Gasteiger partial charge is 0.478 e. The molecule has 6 nitrogen and oxygen atoms in total. The van der Waals surface area contributed by atoms with E-state index in [9.17, 15) is 19.5 Å². The van der Waals surface area contributed by atoms with Gasteiger partial charge in [-0.25, -0.2) is 9.59 Å². The lowest BCUT2D eigenvalue weighted by molar-refractivity contribution is -0.152. The van der Waals surface area contributed by atoms with Crippen LogP contribution in [-0.2, 0) is 23.9 Å². The molecule has 6 heteroatoms. The third-order valence-electron chi connectivity index (χ3n) is 4.40. The molecule has 2 rings (SSSR count). The normalized spacial score (nSPS) is 23.5. The van der Waals surface area contributed by atoms with Gasteiger partial charge in [0.2, 0.25) is 0 Å². The van der Waals surface area contributed by atoms with Crippen molar-refractivity contribution in [3.8, 4) is 0 Å². The zero-order valence-corrected chi connectivity index (χ0v) is 14.6. The van der Waals surface area contributed by atoms with Gasteiger partial charge in [-0.2, -0.15) is 0 Å². The van der Waals surface area contributed by atoms with E-state index in [1.807, 2.05) is 13.8 Å². The fourth-order valence-corrected chi connectivity index (χ4v) is 2.93. The van der Waals surface area contributed by atoms with Crippen LogP contribution in [0.5, 0.6) is 0 Å². The number of hydrogen-bond donors (Lipinski definition) is 1. The number of carboxylic acids is 1. The molecule has 0 saturated carbocycles. The molecule has 1 heterocycles. The van der Waals surface area contributed by atoms with Crippen LogP contribution in [0, 0.1) is 5.41 Å². The van der Waals surface area contributed by atoms with Gasteiger partial charge in [0.25, 0.3) is 6.29 Å². The number of ether oxygens (including phenoxy) is 2. The molecule has 0 aromatic heterocycles. The van der Waals surface area contributed by atoms with Crippen molar-refractivity contribution >= 4 is 18.2 Å². The molecule has 0 bridgehead atoms. The average Bonchev–Trinajstić information content (AvgIpc) is 2.85. The van der Waals surface area contributed by atoms with Gasteiger partial charge in [-0.05, 0) is 48.8 Å². The van der Waals surface area contributed by atoms with Gasteiger partial charge in [-0.15, -0.1) is 0 Å². The first-order chi connectivity index (χ1) is 11.7. The van der Waals surface area contributed by atoms with E-state index in [0.717, 1.165) is 31.0 Å².